The number of allylic oxidation sites excluding steroid dienone is 2. The van der Waals surface area contributed by atoms with Gasteiger partial charge in [0.05, 0.1) is 7.11 Å². The number of carboxylic acid groups (broad SMARTS) is 1. The van der Waals surface area contributed by atoms with Crippen molar-refractivity contribution >= 4 is 35.0 Å². The normalized spacial score (nSPS) is 11.6. The molecule has 128 valence electrons. The number of ether oxygens (including phenoxy) is 1. The minimum Gasteiger partial charge on any atom is -0.496 e. The van der Waals surface area contributed by atoms with Crippen molar-refractivity contribution in [3.63, 3.8) is 0 Å². The van der Waals surface area contributed by atoms with Gasteiger partial charge in [0.2, 0.25) is 0 Å². The zero-order valence-electron chi connectivity index (χ0n) is 13.8. The molecule has 0 aromatic heterocycles. The summed E-state index contributed by atoms with van der Waals surface area (Å²) in [6.45, 7) is 1.66. The lowest BCUT2D eigenvalue weighted by molar-refractivity contribution is -0.131. The fraction of sp³-hybridized carbons (Fsp3) is 0.100. The van der Waals surface area contributed by atoms with E-state index in [1.54, 1.807) is 43.3 Å². The van der Waals surface area contributed by atoms with Crippen molar-refractivity contribution in [1.29, 1.82) is 0 Å². The fourth-order valence-corrected chi connectivity index (χ4v) is 2.40. The topological polar surface area (TPSA) is 63.6 Å². The molecule has 25 heavy (non-hydrogen) atoms. The average Bonchev–Trinajstić information content (AvgIpc) is 2.59. The first-order chi connectivity index (χ1) is 11.9. The van der Waals surface area contributed by atoms with E-state index < -0.39 is 5.97 Å². The van der Waals surface area contributed by atoms with Gasteiger partial charge in [0, 0.05) is 22.2 Å². The van der Waals surface area contributed by atoms with Crippen LogP contribution in [0.5, 0.6) is 5.75 Å². The molecule has 2 aromatic rings. The van der Waals surface area contributed by atoms with E-state index in [-0.39, 0.29) is 5.78 Å². The highest BCUT2D eigenvalue weighted by molar-refractivity contribution is 6.30. The Morgan fingerprint density at radius 3 is 2.40 bits per heavy atom. The minimum absolute atomic E-state index is 0.193. The van der Waals surface area contributed by atoms with E-state index in [1.807, 2.05) is 12.1 Å². The molecule has 0 aliphatic rings. The van der Waals surface area contributed by atoms with Crippen molar-refractivity contribution in [3.05, 3.63) is 76.3 Å². The Hall–Kier alpha value is -2.85. The predicted molar refractivity (Wildman–Crippen MR) is 99.1 cm³/mol. The standard InChI is InChI=1S/C20H17ClO4/c1-13(11-20(23)24)17-12-15(6-10-19(17)25-2)18(22)9-5-14-3-7-16(21)8-4-14/h3-12H,1-2H3,(H,23,24). The highest BCUT2D eigenvalue weighted by atomic mass is 35.5. The molecule has 0 amide bonds. The smallest absolute Gasteiger partial charge is 0.328 e. The number of hydrogen-bond donors (Lipinski definition) is 1. The molecule has 0 radical (unpaired) electrons. The largest absolute Gasteiger partial charge is 0.496 e. The maximum Gasteiger partial charge on any atom is 0.328 e. The third-order valence-corrected chi connectivity index (χ3v) is 3.80. The lowest BCUT2D eigenvalue weighted by Crippen LogP contribution is -1.99. The van der Waals surface area contributed by atoms with Crippen LogP contribution in [-0.2, 0) is 4.79 Å². The summed E-state index contributed by atoms with van der Waals surface area (Å²) in [7, 11) is 1.49. The van der Waals surface area contributed by atoms with E-state index in [0.29, 0.717) is 27.5 Å². The number of rotatable bonds is 6. The molecule has 5 heteroatoms. The number of carbonyl (C=O) groups is 2. The van der Waals surface area contributed by atoms with Crippen LogP contribution in [0, 0.1) is 0 Å². The maximum absolute atomic E-state index is 12.4. The summed E-state index contributed by atoms with van der Waals surface area (Å²) in [6.07, 6.45) is 4.24. The predicted octanol–water partition coefficient (Wildman–Crippen LogP) is 4.73. The summed E-state index contributed by atoms with van der Waals surface area (Å²) in [5, 5.41) is 9.54. The zero-order valence-corrected chi connectivity index (χ0v) is 14.6. The van der Waals surface area contributed by atoms with Crippen LogP contribution in [-0.4, -0.2) is 24.0 Å². The molecular weight excluding hydrogens is 340 g/mol. The van der Waals surface area contributed by atoms with E-state index in [9.17, 15) is 9.59 Å². The fourth-order valence-electron chi connectivity index (χ4n) is 2.27. The van der Waals surface area contributed by atoms with Gasteiger partial charge in [-0.1, -0.05) is 29.8 Å². The molecular formula is C20H17ClO4. The molecule has 0 atom stereocenters. The molecule has 0 fully saturated rings. The summed E-state index contributed by atoms with van der Waals surface area (Å²) in [4.78, 5) is 23.3. The number of hydrogen-bond acceptors (Lipinski definition) is 3. The van der Waals surface area contributed by atoms with E-state index >= 15 is 0 Å². The van der Waals surface area contributed by atoms with Crippen molar-refractivity contribution < 1.29 is 19.4 Å². The van der Waals surface area contributed by atoms with Crippen LogP contribution in [0.2, 0.25) is 5.02 Å². The van der Waals surface area contributed by atoms with Crippen LogP contribution >= 0.6 is 11.6 Å². The molecule has 0 bridgehead atoms. The first kappa shape index (κ1) is 18.5. The van der Waals surface area contributed by atoms with Gasteiger partial charge in [0.1, 0.15) is 5.75 Å². The SMILES string of the molecule is COc1ccc(C(=O)C=Cc2ccc(Cl)cc2)cc1C(C)=CC(=O)O. The number of carboxylic acids is 1. The number of halogens is 1. The minimum atomic E-state index is -1.06. The van der Waals surface area contributed by atoms with E-state index in [1.165, 1.54) is 13.2 Å². The van der Waals surface area contributed by atoms with E-state index in [2.05, 4.69) is 0 Å². The Morgan fingerprint density at radius 1 is 1.12 bits per heavy atom. The number of methoxy groups -OCH3 is 1. The van der Waals surface area contributed by atoms with E-state index in [4.69, 9.17) is 21.4 Å². The molecule has 4 nitrogen and oxygen atoms in total. The number of carbonyl (C=O) groups excluding carboxylic acids is 1. The van der Waals surface area contributed by atoms with Crippen LogP contribution in [0.1, 0.15) is 28.4 Å². The van der Waals surface area contributed by atoms with Crippen molar-refractivity contribution in [1.82, 2.24) is 0 Å². The van der Waals surface area contributed by atoms with Crippen LogP contribution < -0.4 is 4.74 Å². The second-order valence-electron chi connectivity index (χ2n) is 5.33. The highest BCUT2D eigenvalue weighted by Gasteiger charge is 2.11. The first-order valence-corrected chi connectivity index (χ1v) is 7.86. The Kier molecular flexibility index (Phi) is 6.14. The second kappa shape index (κ2) is 8.31. The van der Waals surface area contributed by atoms with Gasteiger partial charge in [-0.25, -0.2) is 4.79 Å². The highest BCUT2D eigenvalue weighted by Crippen LogP contribution is 2.27. The third kappa shape index (κ3) is 5.06. The van der Waals surface area contributed by atoms with Crippen LogP contribution in [0.15, 0.2) is 54.6 Å². The van der Waals surface area contributed by atoms with Crippen LogP contribution in [0.4, 0.5) is 0 Å². The number of benzene rings is 2. The lowest BCUT2D eigenvalue weighted by atomic mass is 10.00. The van der Waals surface area contributed by atoms with Gasteiger partial charge in [-0.05, 0) is 54.5 Å². The molecule has 0 saturated heterocycles. The van der Waals surface area contributed by atoms with Gasteiger partial charge in [-0.2, -0.15) is 0 Å². The Bertz CT molecular complexity index is 848. The summed E-state index contributed by atoms with van der Waals surface area (Å²) in [6, 6.07) is 12.0. The lowest BCUT2D eigenvalue weighted by Gasteiger charge is -2.10. The van der Waals surface area contributed by atoms with Gasteiger partial charge in [0.25, 0.3) is 0 Å². The van der Waals surface area contributed by atoms with Gasteiger partial charge < -0.3 is 9.84 Å². The molecule has 0 aliphatic heterocycles. The van der Waals surface area contributed by atoms with Crippen molar-refractivity contribution in [2.24, 2.45) is 0 Å². The summed E-state index contributed by atoms with van der Waals surface area (Å²) >= 11 is 5.83. The molecule has 2 aromatic carbocycles. The van der Waals surface area contributed by atoms with Crippen molar-refractivity contribution in [2.75, 3.05) is 7.11 Å². The number of aliphatic carboxylic acids is 1. The molecule has 0 spiro atoms. The first-order valence-electron chi connectivity index (χ1n) is 7.48. The second-order valence-corrected chi connectivity index (χ2v) is 5.77. The number of ketones is 1. The van der Waals surface area contributed by atoms with Crippen molar-refractivity contribution in [3.8, 4) is 5.75 Å². The molecule has 1 N–H and O–H groups in total. The third-order valence-electron chi connectivity index (χ3n) is 3.55. The van der Waals surface area contributed by atoms with Crippen LogP contribution in [0.3, 0.4) is 0 Å². The Morgan fingerprint density at radius 2 is 1.80 bits per heavy atom. The summed E-state index contributed by atoms with van der Waals surface area (Å²) < 4.78 is 5.25. The van der Waals surface area contributed by atoms with Gasteiger partial charge >= 0.3 is 5.97 Å². The molecule has 2 rings (SSSR count). The van der Waals surface area contributed by atoms with Gasteiger partial charge in [-0.15, -0.1) is 0 Å². The molecule has 0 unspecified atom stereocenters. The van der Waals surface area contributed by atoms with Crippen LogP contribution in [0.25, 0.3) is 11.6 Å². The van der Waals surface area contributed by atoms with Crippen molar-refractivity contribution in [2.45, 2.75) is 6.92 Å². The Balaban J connectivity index is 2.31. The monoisotopic (exact) mass is 356 g/mol. The molecule has 0 heterocycles. The van der Waals surface area contributed by atoms with Gasteiger partial charge in [0.15, 0.2) is 5.78 Å². The maximum atomic E-state index is 12.4. The van der Waals surface area contributed by atoms with E-state index in [0.717, 1.165) is 11.6 Å². The summed E-state index contributed by atoms with van der Waals surface area (Å²) in [5.74, 6) is -0.742. The molecule has 0 aliphatic carbocycles. The summed E-state index contributed by atoms with van der Waals surface area (Å²) in [5.41, 5.74) is 2.36. The quantitative estimate of drug-likeness (QED) is 0.600. The Labute approximate surface area is 151 Å². The van der Waals surface area contributed by atoms with Gasteiger partial charge in [-0.3, -0.25) is 4.79 Å². The average molecular weight is 357 g/mol. The zero-order chi connectivity index (χ0) is 18.4. The molecule has 0 saturated carbocycles.